The van der Waals surface area contributed by atoms with E-state index < -0.39 is 19.1 Å². The molecular formula is C9H13F2N3O. The first-order chi connectivity index (χ1) is 6.94. The number of halogens is 2. The maximum Gasteiger partial charge on any atom is 0.287 e. The van der Waals surface area contributed by atoms with Crippen LogP contribution in [0.2, 0.25) is 0 Å². The average Bonchev–Trinajstić information content (AvgIpc) is 2.20. The molecule has 0 bridgehead atoms. The second kappa shape index (κ2) is 4.39. The number of aryl methyl sites for hydroxylation is 1. The van der Waals surface area contributed by atoms with Gasteiger partial charge in [-0.2, -0.15) is 0 Å². The summed E-state index contributed by atoms with van der Waals surface area (Å²) in [6, 6.07) is 3.27. The fourth-order valence-electron chi connectivity index (χ4n) is 0.978. The van der Waals surface area contributed by atoms with Crippen LogP contribution < -0.4 is 11.1 Å². The van der Waals surface area contributed by atoms with Gasteiger partial charge in [0.2, 0.25) is 0 Å². The number of pyridine rings is 1. The molecule has 1 heterocycles. The number of rotatable bonds is 4. The molecule has 0 spiro atoms. The number of nitrogens with one attached hydrogen (secondary N) is 1. The molecular weight excluding hydrogens is 204 g/mol. The summed E-state index contributed by atoms with van der Waals surface area (Å²) < 4.78 is 25.4. The quantitative estimate of drug-likeness (QED) is 0.704. The second-order valence-corrected chi connectivity index (χ2v) is 3.26. The summed E-state index contributed by atoms with van der Waals surface area (Å²) in [4.78, 5) is 3.96. The standard InChI is InChI=1S/C9H13F2N3O/c1-6-2-3-7(12)8(14-6)13-4-9(10,11)5-15/h2-3,15H,4-5,12H2,1H3,(H,13,14). The summed E-state index contributed by atoms with van der Waals surface area (Å²) in [5, 5.41) is 10.8. The summed E-state index contributed by atoms with van der Waals surface area (Å²) in [6.07, 6.45) is 0. The lowest BCUT2D eigenvalue weighted by molar-refractivity contribution is -0.0373. The van der Waals surface area contributed by atoms with Gasteiger partial charge in [-0.05, 0) is 19.1 Å². The number of nitrogens with zero attached hydrogens (tertiary/aromatic N) is 1. The third-order valence-corrected chi connectivity index (χ3v) is 1.81. The number of hydrogen-bond donors (Lipinski definition) is 3. The molecule has 1 rings (SSSR count). The van der Waals surface area contributed by atoms with Crippen molar-refractivity contribution >= 4 is 11.5 Å². The zero-order valence-corrected chi connectivity index (χ0v) is 8.30. The van der Waals surface area contributed by atoms with Gasteiger partial charge in [0, 0.05) is 5.69 Å². The van der Waals surface area contributed by atoms with Gasteiger partial charge in [-0.1, -0.05) is 0 Å². The van der Waals surface area contributed by atoms with Gasteiger partial charge in [0.05, 0.1) is 12.2 Å². The maximum atomic E-state index is 12.7. The Hall–Kier alpha value is -1.43. The molecule has 15 heavy (non-hydrogen) atoms. The first-order valence-corrected chi connectivity index (χ1v) is 4.40. The summed E-state index contributed by atoms with van der Waals surface area (Å²) in [6.45, 7) is -0.162. The minimum absolute atomic E-state index is 0.211. The average molecular weight is 217 g/mol. The number of hydrogen-bond acceptors (Lipinski definition) is 4. The van der Waals surface area contributed by atoms with E-state index in [-0.39, 0.29) is 5.82 Å². The lowest BCUT2D eigenvalue weighted by Crippen LogP contribution is -2.31. The molecule has 0 atom stereocenters. The number of aliphatic hydroxyl groups excluding tert-OH is 1. The number of nitrogens with two attached hydrogens (primary N) is 1. The van der Waals surface area contributed by atoms with Crippen LogP contribution in [0.15, 0.2) is 12.1 Å². The predicted molar refractivity (Wildman–Crippen MR) is 53.9 cm³/mol. The fourth-order valence-corrected chi connectivity index (χ4v) is 0.978. The first-order valence-electron chi connectivity index (χ1n) is 4.40. The van der Waals surface area contributed by atoms with Crippen molar-refractivity contribution in [1.82, 2.24) is 4.98 Å². The van der Waals surface area contributed by atoms with Crippen molar-refractivity contribution in [1.29, 1.82) is 0 Å². The molecule has 1 aromatic rings. The van der Waals surface area contributed by atoms with Crippen molar-refractivity contribution in [2.24, 2.45) is 0 Å². The van der Waals surface area contributed by atoms with E-state index in [0.29, 0.717) is 11.4 Å². The van der Waals surface area contributed by atoms with Crippen LogP contribution >= 0.6 is 0 Å². The largest absolute Gasteiger partial charge is 0.396 e. The summed E-state index contributed by atoms with van der Waals surface area (Å²) in [5.41, 5.74) is 6.51. The van der Waals surface area contributed by atoms with Gasteiger partial charge in [-0.15, -0.1) is 0 Å². The van der Waals surface area contributed by atoms with Gasteiger partial charge >= 0.3 is 0 Å². The van der Waals surface area contributed by atoms with E-state index >= 15 is 0 Å². The Balaban J connectivity index is 2.69. The van der Waals surface area contributed by atoms with E-state index in [0.717, 1.165) is 0 Å². The van der Waals surface area contributed by atoms with E-state index in [2.05, 4.69) is 10.3 Å². The lowest BCUT2D eigenvalue weighted by atomic mass is 10.3. The number of aliphatic hydroxyl groups is 1. The van der Waals surface area contributed by atoms with Crippen molar-refractivity contribution in [3.05, 3.63) is 17.8 Å². The zero-order valence-electron chi connectivity index (χ0n) is 8.30. The van der Waals surface area contributed by atoms with Crippen LogP contribution in [0.5, 0.6) is 0 Å². The van der Waals surface area contributed by atoms with Crippen molar-refractivity contribution in [3.63, 3.8) is 0 Å². The third-order valence-electron chi connectivity index (χ3n) is 1.81. The Labute approximate surface area is 86.1 Å². The van der Waals surface area contributed by atoms with Gasteiger partial charge in [0.25, 0.3) is 5.92 Å². The SMILES string of the molecule is Cc1ccc(N)c(NCC(F)(F)CO)n1. The van der Waals surface area contributed by atoms with Crippen molar-refractivity contribution in [3.8, 4) is 0 Å². The van der Waals surface area contributed by atoms with Crippen LogP contribution in [-0.4, -0.2) is 29.2 Å². The molecule has 0 aliphatic carbocycles. The highest BCUT2D eigenvalue weighted by atomic mass is 19.3. The van der Waals surface area contributed by atoms with Gasteiger partial charge in [-0.3, -0.25) is 0 Å². The molecule has 1 aromatic heterocycles. The normalized spacial score (nSPS) is 11.5. The van der Waals surface area contributed by atoms with Crippen LogP contribution in [0.3, 0.4) is 0 Å². The van der Waals surface area contributed by atoms with Crippen LogP contribution in [0.25, 0.3) is 0 Å². The van der Waals surface area contributed by atoms with Crippen molar-refractivity contribution < 1.29 is 13.9 Å². The highest BCUT2D eigenvalue weighted by Crippen LogP contribution is 2.18. The molecule has 4 N–H and O–H groups in total. The maximum absolute atomic E-state index is 12.7. The Morgan fingerprint density at radius 1 is 1.53 bits per heavy atom. The molecule has 0 radical (unpaired) electrons. The van der Waals surface area contributed by atoms with Crippen LogP contribution in [0.4, 0.5) is 20.3 Å². The van der Waals surface area contributed by atoms with E-state index in [1.807, 2.05) is 0 Å². The monoisotopic (exact) mass is 217 g/mol. The second-order valence-electron chi connectivity index (χ2n) is 3.26. The zero-order chi connectivity index (χ0) is 11.5. The summed E-state index contributed by atoms with van der Waals surface area (Å²) in [7, 11) is 0. The van der Waals surface area contributed by atoms with Crippen molar-refractivity contribution in [2.75, 3.05) is 24.2 Å². The lowest BCUT2D eigenvalue weighted by Gasteiger charge is -2.15. The van der Waals surface area contributed by atoms with Crippen LogP contribution in [-0.2, 0) is 0 Å². The highest BCUT2D eigenvalue weighted by molar-refractivity contribution is 5.61. The van der Waals surface area contributed by atoms with E-state index in [1.54, 1.807) is 19.1 Å². The highest BCUT2D eigenvalue weighted by Gasteiger charge is 2.27. The molecule has 0 amide bonds. The molecule has 0 aromatic carbocycles. The Morgan fingerprint density at radius 2 is 2.20 bits per heavy atom. The molecule has 4 nitrogen and oxygen atoms in total. The van der Waals surface area contributed by atoms with E-state index in [4.69, 9.17) is 10.8 Å². The number of anilines is 2. The number of alkyl halides is 2. The van der Waals surface area contributed by atoms with E-state index in [9.17, 15) is 8.78 Å². The van der Waals surface area contributed by atoms with Gasteiger partial charge < -0.3 is 16.2 Å². The number of aromatic nitrogens is 1. The molecule has 0 aliphatic rings. The topological polar surface area (TPSA) is 71.2 Å². The Morgan fingerprint density at radius 3 is 2.80 bits per heavy atom. The van der Waals surface area contributed by atoms with Gasteiger partial charge in [0.15, 0.2) is 0 Å². The minimum Gasteiger partial charge on any atom is -0.396 e. The molecule has 0 fully saturated rings. The van der Waals surface area contributed by atoms with E-state index in [1.165, 1.54) is 0 Å². The molecule has 84 valence electrons. The number of nitrogen functional groups attached to an aromatic ring is 1. The molecule has 0 unspecified atom stereocenters. The summed E-state index contributed by atoms with van der Waals surface area (Å²) in [5.74, 6) is -2.96. The minimum atomic E-state index is -3.17. The predicted octanol–water partition coefficient (Wildman–Crippen LogP) is 1.01. The van der Waals surface area contributed by atoms with Gasteiger partial charge in [-0.25, -0.2) is 13.8 Å². The van der Waals surface area contributed by atoms with Gasteiger partial charge in [0.1, 0.15) is 12.4 Å². The Kier molecular flexibility index (Phi) is 3.41. The Bertz CT molecular complexity index is 344. The molecule has 0 aliphatic heterocycles. The van der Waals surface area contributed by atoms with Crippen LogP contribution in [0.1, 0.15) is 5.69 Å². The smallest absolute Gasteiger partial charge is 0.287 e. The first kappa shape index (κ1) is 11.6. The summed E-state index contributed by atoms with van der Waals surface area (Å²) >= 11 is 0. The molecule has 6 heteroatoms. The van der Waals surface area contributed by atoms with Crippen molar-refractivity contribution in [2.45, 2.75) is 12.8 Å². The molecule has 0 saturated heterocycles. The molecule has 0 saturated carbocycles. The van der Waals surface area contributed by atoms with Crippen LogP contribution in [0, 0.1) is 6.92 Å². The third kappa shape index (κ3) is 3.32. The fraction of sp³-hybridized carbons (Fsp3) is 0.444.